The zero-order valence-corrected chi connectivity index (χ0v) is 14.1. The molecule has 0 fully saturated rings. The molecule has 0 radical (unpaired) electrons. The maximum Gasteiger partial charge on any atom is 0.244 e. The van der Waals surface area contributed by atoms with E-state index in [0.29, 0.717) is 23.3 Å². The molecule has 0 aliphatic heterocycles. The van der Waals surface area contributed by atoms with Gasteiger partial charge in [-0.05, 0) is 29.7 Å². The lowest BCUT2D eigenvalue weighted by Gasteiger charge is -2.11. The summed E-state index contributed by atoms with van der Waals surface area (Å²) >= 11 is 6.15. The molecular formula is C18H18ClN5. The number of rotatable bonds is 6. The van der Waals surface area contributed by atoms with E-state index in [1.807, 2.05) is 42.5 Å². The van der Waals surface area contributed by atoms with E-state index in [2.05, 4.69) is 38.8 Å². The van der Waals surface area contributed by atoms with Gasteiger partial charge in [0, 0.05) is 17.3 Å². The molecule has 122 valence electrons. The summed E-state index contributed by atoms with van der Waals surface area (Å²) in [6.07, 6.45) is 2.55. The summed E-state index contributed by atoms with van der Waals surface area (Å²) in [5, 5.41) is 15.2. The van der Waals surface area contributed by atoms with Crippen molar-refractivity contribution in [3.8, 4) is 0 Å². The molecule has 5 nitrogen and oxygen atoms in total. The predicted molar refractivity (Wildman–Crippen MR) is 97.7 cm³/mol. The van der Waals surface area contributed by atoms with Crippen molar-refractivity contribution in [2.45, 2.75) is 19.9 Å². The first-order valence-corrected chi connectivity index (χ1v) is 8.16. The molecular weight excluding hydrogens is 322 g/mol. The monoisotopic (exact) mass is 339 g/mol. The van der Waals surface area contributed by atoms with E-state index in [9.17, 15) is 0 Å². The highest BCUT2D eigenvalue weighted by Crippen LogP contribution is 2.20. The van der Waals surface area contributed by atoms with E-state index in [1.54, 1.807) is 6.20 Å². The van der Waals surface area contributed by atoms with Crippen molar-refractivity contribution in [2.75, 3.05) is 10.6 Å². The van der Waals surface area contributed by atoms with Crippen molar-refractivity contribution in [3.63, 3.8) is 0 Å². The van der Waals surface area contributed by atoms with Crippen LogP contribution in [0.25, 0.3) is 0 Å². The first kappa shape index (κ1) is 16.2. The molecule has 6 heteroatoms. The fourth-order valence-corrected chi connectivity index (χ4v) is 2.55. The van der Waals surface area contributed by atoms with Crippen LogP contribution in [0, 0.1) is 0 Å². The van der Waals surface area contributed by atoms with Crippen LogP contribution in [0.5, 0.6) is 0 Å². The van der Waals surface area contributed by atoms with Gasteiger partial charge in [-0.25, -0.2) is 0 Å². The highest BCUT2D eigenvalue weighted by molar-refractivity contribution is 6.31. The summed E-state index contributed by atoms with van der Waals surface area (Å²) in [6.45, 7) is 2.66. The van der Waals surface area contributed by atoms with Crippen molar-refractivity contribution in [1.82, 2.24) is 15.2 Å². The van der Waals surface area contributed by atoms with E-state index in [1.165, 1.54) is 5.56 Å². The second kappa shape index (κ2) is 7.75. The number of anilines is 3. The van der Waals surface area contributed by atoms with Gasteiger partial charge in [0.1, 0.15) is 0 Å². The lowest BCUT2D eigenvalue weighted by Crippen LogP contribution is -2.07. The second-order valence-corrected chi connectivity index (χ2v) is 5.65. The fraction of sp³-hybridized carbons (Fsp3) is 0.167. The van der Waals surface area contributed by atoms with Gasteiger partial charge in [0.25, 0.3) is 0 Å². The molecule has 0 bridgehead atoms. The molecule has 0 saturated carbocycles. The first-order chi connectivity index (χ1) is 11.8. The van der Waals surface area contributed by atoms with Gasteiger partial charge in [0.05, 0.1) is 6.20 Å². The molecule has 0 aliphatic carbocycles. The number of halogens is 1. The Hall–Kier alpha value is -2.66. The van der Waals surface area contributed by atoms with E-state index in [-0.39, 0.29) is 0 Å². The van der Waals surface area contributed by atoms with Gasteiger partial charge in [-0.2, -0.15) is 10.1 Å². The molecule has 0 unspecified atom stereocenters. The standard InChI is InChI=1S/C18H18ClN5/c1-2-13-7-4-6-10-16(13)22-17-12-21-24-18(23-17)20-11-14-8-3-5-9-15(14)19/h3-10,12H,2,11H2,1H3,(H2,20,22,23,24). The fourth-order valence-electron chi connectivity index (χ4n) is 2.34. The third-order valence-corrected chi connectivity index (χ3v) is 3.98. The Morgan fingerprint density at radius 3 is 2.54 bits per heavy atom. The van der Waals surface area contributed by atoms with E-state index in [0.717, 1.165) is 17.7 Å². The van der Waals surface area contributed by atoms with Crippen molar-refractivity contribution in [2.24, 2.45) is 0 Å². The largest absolute Gasteiger partial charge is 0.349 e. The number of hydrogen-bond acceptors (Lipinski definition) is 5. The number of nitrogens with zero attached hydrogens (tertiary/aromatic N) is 3. The summed E-state index contributed by atoms with van der Waals surface area (Å²) in [5.41, 5.74) is 3.23. The van der Waals surface area contributed by atoms with Crippen LogP contribution in [0.3, 0.4) is 0 Å². The smallest absolute Gasteiger partial charge is 0.244 e. The zero-order chi connectivity index (χ0) is 16.8. The minimum Gasteiger partial charge on any atom is -0.349 e. The molecule has 1 heterocycles. The molecule has 0 amide bonds. The van der Waals surface area contributed by atoms with Gasteiger partial charge in [-0.15, -0.1) is 5.10 Å². The first-order valence-electron chi connectivity index (χ1n) is 7.78. The number of nitrogens with one attached hydrogen (secondary N) is 2. The molecule has 0 aliphatic rings. The van der Waals surface area contributed by atoms with Crippen molar-refractivity contribution in [1.29, 1.82) is 0 Å². The average Bonchev–Trinajstić information content (AvgIpc) is 2.62. The van der Waals surface area contributed by atoms with Gasteiger partial charge in [-0.3, -0.25) is 0 Å². The molecule has 0 spiro atoms. The summed E-state index contributed by atoms with van der Waals surface area (Å²) in [6, 6.07) is 15.8. The Bertz CT molecular complexity index is 822. The summed E-state index contributed by atoms with van der Waals surface area (Å²) < 4.78 is 0. The van der Waals surface area contributed by atoms with Crippen LogP contribution in [-0.2, 0) is 13.0 Å². The Labute approximate surface area is 146 Å². The van der Waals surface area contributed by atoms with Crippen LogP contribution in [0.2, 0.25) is 5.02 Å². The molecule has 1 aromatic heterocycles. The van der Waals surface area contributed by atoms with E-state index in [4.69, 9.17) is 11.6 Å². The molecule has 0 atom stereocenters. The molecule has 24 heavy (non-hydrogen) atoms. The zero-order valence-electron chi connectivity index (χ0n) is 13.3. The van der Waals surface area contributed by atoms with Crippen LogP contribution >= 0.6 is 11.6 Å². The molecule has 2 aromatic carbocycles. The normalized spacial score (nSPS) is 10.4. The van der Waals surface area contributed by atoms with E-state index < -0.39 is 0 Å². The minimum atomic E-state index is 0.453. The highest BCUT2D eigenvalue weighted by Gasteiger charge is 2.05. The van der Waals surface area contributed by atoms with Gasteiger partial charge in [-0.1, -0.05) is 54.9 Å². The van der Waals surface area contributed by atoms with Crippen LogP contribution in [0.1, 0.15) is 18.1 Å². The highest BCUT2D eigenvalue weighted by atomic mass is 35.5. The predicted octanol–water partition coefficient (Wildman–Crippen LogP) is 4.44. The quantitative estimate of drug-likeness (QED) is 0.695. The van der Waals surface area contributed by atoms with Crippen LogP contribution < -0.4 is 10.6 Å². The number of aryl methyl sites for hydroxylation is 1. The summed E-state index contributed by atoms with van der Waals surface area (Å²) in [4.78, 5) is 4.45. The number of aromatic nitrogens is 3. The maximum atomic E-state index is 6.15. The van der Waals surface area contributed by atoms with Crippen molar-refractivity contribution < 1.29 is 0 Å². The average molecular weight is 340 g/mol. The van der Waals surface area contributed by atoms with Crippen molar-refractivity contribution in [3.05, 3.63) is 70.9 Å². The van der Waals surface area contributed by atoms with Crippen LogP contribution in [0.15, 0.2) is 54.7 Å². The Kier molecular flexibility index (Phi) is 5.23. The lowest BCUT2D eigenvalue weighted by atomic mass is 10.1. The third-order valence-electron chi connectivity index (χ3n) is 3.61. The summed E-state index contributed by atoms with van der Waals surface area (Å²) in [5.74, 6) is 1.10. The topological polar surface area (TPSA) is 62.7 Å². The van der Waals surface area contributed by atoms with E-state index >= 15 is 0 Å². The van der Waals surface area contributed by atoms with Gasteiger partial charge in [0.15, 0.2) is 5.82 Å². The molecule has 3 rings (SSSR count). The SMILES string of the molecule is CCc1ccccc1Nc1cnnc(NCc2ccccc2Cl)n1. The number of para-hydroxylation sites is 1. The molecule has 2 N–H and O–H groups in total. The number of hydrogen-bond donors (Lipinski definition) is 2. The molecule has 0 saturated heterocycles. The maximum absolute atomic E-state index is 6.15. The second-order valence-electron chi connectivity index (χ2n) is 5.25. The Morgan fingerprint density at radius 2 is 1.75 bits per heavy atom. The number of benzene rings is 2. The Morgan fingerprint density at radius 1 is 1.00 bits per heavy atom. The van der Waals surface area contributed by atoms with Gasteiger partial charge < -0.3 is 10.6 Å². The minimum absolute atomic E-state index is 0.453. The Balaban J connectivity index is 1.71. The lowest BCUT2D eigenvalue weighted by molar-refractivity contribution is 0.948. The summed E-state index contributed by atoms with van der Waals surface area (Å²) in [7, 11) is 0. The third kappa shape index (κ3) is 4.00. The van der Waals surface area contributed by atoms with Gasteiger partial charge >= 0.3 is 0 Å². The molecule has 3 aromatic rings. The van der Waals surface area contributed by atoms with Crippen LogP contribution in [0.4, 0.5) is 17.5 Å². The van der Waals surface area contributed by atoms with Crippen molar-refractivity contribution >= 4 is 29.1 Å². The van der Waals surface area contributed by atoms with Gasteiger partial charge in [0.2, 0.25) is 5.95 Å². The van der Waals surface area contributed by atoms with Crippen LogP contribution in [-0.4, -0.2) is 15.2 Å².